The molecule has 3 aromatic rings. The molecule has 1 N–H and O–H groups in total. The lowest BCUT2D eigenvalue weighted by atomic mass is 10.1. The van der Waals surface area contributed by atoms with Crippen LogP contribution >= 0.6 is 0 Å². The molecular weight excluding hydrogens is 238 g/mol. The molecule has 0 spiro atoms. The van der Waals surface area contributed by atoms with Gasteiger partial charge in [0.15, 0.2) is 0 Å². The number of rotatable bonds is 2. The number of aryl methyl sites for hydroxylation is 1. The molecule has 2 aromatic heterocycles. The third kappa shape index (κ3) is 2.00. The van der Waals surface area contributed by atoms with Crippen LogP contribution in [0, 0.1) is 11.3 Å². The zero-order chi connectivity index (χ0) is 13.2. The van der Waals surface area contributed by atoms with Crippen LogP contribution in [0.15, 0.2) is 42.9 Å². The molecule has 0 aliphatic rings. The fourth-order valence-electron chi connectivity index (χ4n) is 1.99. The van der Waals surface area contributed by atoms with Crippen molar-refractivity contribution in [2.45, 2.75) is 0 Å². The monoisotopic (exact) mass is 249 g/mol. The topological polar surface area (TPSA) is 66.5 Å². The molecule has 0 aliphatic carbocycles. The van der Waals surface area contributed by atoms with Gasteiger partial charge < -0.3 is 5.32 Å². The van der Waals surface area contributed by atoms with Crippen LogP contribution in [-0.2, 0) is 7.05 Å². The molecule has 0 bridgehead atoms. The standard InChI is InChI=1S/C14H11N5/c1-19-9-11(8-17-19)18-14-10(6-15)7-16-13-5-3-2-4-12(13)14/h2-5,7-9H,1H3,(H,16,18). The third-order valence-electron chi connectivity index (χ3n) is 2.87. The quantitative estimate of drug-likeness (QED) is 0.758. The molecule has 0 saturated carbocycles. The maximum Gasteiger partial charge on any atom is 0.103 e. The van der Waals surface area contributed by atoms with Crippen molar-refractivity contribution in [2.75, 3.05) is 5.32 Å². The van der Waals surface area contributed by atoms with Gasteiger partial charge in [0.1, 0.15) is 6.07 Å². The minimum atomic E-state index is 0.516. The molecular formula is C14H11N5. The Morgan fingerprint density at radius 1 is 1.26 bits per heavy atom. The molecule has 0 saturated heterocycles. The van der Waals surface area contributed by atoms with E-state index in [1.165, 1.54) is 0 Å². The first kappa shape index (κ1) is 11.2. The number of nitrogens with zero attached hydrogens (tertiary/aromatic N) is 4. The summed E-state index contributed by atoms with van der Waals surface area (Å²) in [5.41, 5.74) is 2.98. The zero-order valence-corrected chi connectivity index (χ0v) is 10.3. The largest absolute Gasteiger partial charge is 0.351 e. The Kier molecular flexibility index (Phi) is 2.62. The summed E-state index contributed by atoms with van der Waals surface area (Å²) in [4.78, 5) is 4.28. The molecule has 0 radical (unpaired) electrons. The average molecular weight is 249 g/mol. The molecule has 2 heterocycles. The van der Waals surface area contributed by atoms with Crippen molar-refractivity contribution in [3.8, 4) is 6.07 Å². The maximum atomic E-state index is 9.21. The van der Waals surface area contributed by atoms with Gasteiger partial charge in [0.05, 0.1) is 28.7 Å². The number of benzene rings is 1. The van der Waals surface area contributed by atoms with E-state index in [4.69, 9.17) is 0 Å². The average Bonchev–Trinajstić information content (AvgIpc) is 2.85. The van der Waals surface area contributed by atoms with Crippen molar-refractivity contribution in [1.29, 1.82) is 5.26 Å². The Bertz CT molecular complexity index is 782. The van der Waals surface area contributed by atoms with E-state index in [9.17, 15) is 5.26 Å². The van der Waals surface area contributed by atoms with Gasteiger partial charge in [-0.25, -0.2) is 0 Å². The Labute approximate surface area is 110 Å². The lowest BCUT2D eigenvalue weighted by Crippen LogP contribution is -1.95. The van der Waals surface area contributed by atoms with Gasteiger partial charge in [0.25, 0.3) is 0 Å². The number of fused-ring (bicyclic) bond motifs is 1. The van der Waals surface area contributed by atoms with Gasteiger partial charge >= 0.3 is 0 Å². The fourth-order valence-corrected chi connectivity index (χ4v) is 1.99. The van der Waals surface area contributed by atoms with Gasteiger partial charge in [0.2, 0.25) is 0 Å². The highest BCUT2D eigenvalue weighted by Gasteiger charge is 2.09. The molecule has 0 aliphatic heterocycles. The number of anilines is 2. The fraction of sp³-hybridized carbons (Fsp3) is 0.0714. The molecule has 19 heavy (non-hydrogen) atoms. The zero-order valence-electron chi connectivity index (χ0n) is 10.3. The van der Waals surface area contributed by atoms with Crippen LogP contribution in [0.5, 0.6) is 0 Å². The number of nitriles is 1. The minimum Gasteiger partial charge on any atom is -0.351 e. The van der Waals surface area contributed by atoms with E-state index < -0.39 is 0 Å². The molecule has 0 amide bonds. The Morgan fingerprint density at radius 3 is 2.84 bits per heavy atom. The van der Waals surface area contributed by atoms with Gasteiger partial charge in [0, 0.05) is 24.8 Å². The van der Waals surface area contributed by atoms with Crippen LogP contribution in [0.1, 0.15) is 5.56 Å². The van der Waals surface area contributed by atoms with Crippen molar-refractivity contribution in [3.63, 3.8) is 0 Å². The molecule has 1 aromatic carbocycles. The van der Waals surface area contributed by atoms with E-state index in [-0.39, 0.29) is 0 Å². The Hall–Kier alpha value is -2.87. The summed E-state index contributed by atoms with van der Waals surface area (Å²) < 4.78 is 1.71. The second-order valence-corrected chi connectivity index (χ2v) is 4.20. The third-order valence-corrected chi connectivity index (χ3v) is 2.87. The first-order valence-corrected chi connectivity index (χ1v) is 5.81. The summed E-state index contributed by atoms with van der Waals surface area (Å²) in [6.07, 6.45) is 5.16. The lowest BCUT2D eigenvalue weighted by molar-refractivity contribution is 0.768. The predicted molar refractivity (Wildman–Crippen MR) is 72.9 cm³/mol. The summed E-state index contributed by atoms with van der Waals surface area (Å²) in [5.74, 6) is 0. The Morgan fingerprint density at radius 2 is 2.11 bits per heavy atom. The summed E-state index contributed by atoms with van der Waals surface area (Å²) in [5, 5.41) is 17.5. The molecule has 0 fully saturated rings. The lowest BCUT2D eigenvalue weighted by Gasteiger charge is -2.09. The van der Waals surface area contributed by atoms with Crippen LogP contribution in [0.3, 0.4) is 0 Å². The van der Waals surface area contributed by atoms with Crippen LogP contribution < -0.4 is 5.32 Å². The number of nitrogens with one attached hydrogen (secondary N) is 1. The second kappa shape index (κ2) is 4.42. The summed E-state index contributed by atoms with van der Waals surface area (Å²) in [6, 6.07) is 9.89. The normalized spacial score (nSPS) is 10.3. The van der Waals surface area contributed by atoms with Gasteiger partial charge in [-0.1, -0.05) is 18.2 Å². The van der Waals surface area contributed by atoms with Gasteiger partial charge in [-0.2, -0.15) is 10.4 Å². The van der Waals surface area contributed by atoms with Crippen LogP contribution in [0.4, 0.5) is 11.4 Å². The summed E-state index contributed by atoms with van der Waals surface area (Å²) >= 11 is 0. The molecule has 3 rings (SSSR count). The smallest absolute Gasteiger partial charge is 0.103 e. The van der Waals surface area contributed by atoms with E-state index in [1.807, 2.05) is 37.5 Å². The van der Waals surface area contributed by atoms with Gasteiger partial charge in [-0.3, -0.25) is 9.67 Å². The van der Waals surface area contributed by atoms with E-state index in [0.29, 0.717) is 5.56 Å². The number of hydrogen-bond donors (Lipinski definition) is 1. The van der Waals surface area contributed by atoms with Crippen LogP contribution in [0.25, 0.3) is 10.9 Å². The van der Waals surface area contributed by atoms with Gasteiger partial charge in [-0.05, 0) is 6.07 Å². The summed E-state index contributed by atoms with van der Waals surface area (Å²) in [6.45, 7) is 0. The first-order chi connectivity index (χ1) is 9.28. The number of hydrogen-bond acceptors (Lipinski definition) is 4. The molecule has 0 unspecified atom stereocenters. The molecule has 5 heteroatoms. The van der Waals surface area contributed by atoms with E-state index in [1.54, 1.807) is 17.1 Å². The highest BCUT2D eigenvalue weighted by molar-refractivity contribution is 5.95. The molecule has 5 nitrogen and oxygen atoms in total. The second-order valence-electron chi connectivity index (χ2n) is 4.20. The van der Waals surface area contributed by atoms with Crippen molar-refractivity contribution in [2.24, 2.45) is 7.05 Å². The van der Waals surface area contributed by atoms with E-state index in [0.717, 1.165) is 22.3 Å². The molecule has 0 atom stereocenters. The first-order valence-electron chi connectivity index (χ1n) is 5.81. The SMILES string of the molecule is Cn1cc(Nc2c(C#N)cnc3ccccc23)cn1. The Balaban J connectivity index is 2.17. The van der Waals surface area contributed by atoms with E-state index >= 15 is 0 Å². The van der Waals surface area contributed by atoms with Crippen molar-refractivity contribution in [3.05, 3.63) is 48.4 Å². The van der Waals surface area contributed by atoms with Crippen LogP contribution in [-0.4, -0.2) is 14.8 Å². The number of pyridine rings is 1. The summed E-state index contributed by atoms with van der Waals surface area (Å²) in [7, 11) is 1.85. The highest BCUT2D eigenvalue weighted by atomic mass is 15.3. The molecule has 92 valence electrons. The van der Waals surface area contributed by atoms with E-state index in [2.05, 4.69) is 21.5 Å². The highest BCUT2D eigenvalue weighted by Crippen LogP contribution is 2.28. The van der Waals surface area contributed by atoms with Crippen molar-refractivity contribution >= 4 is 22.3 Å². The van der Waals surface area contributed by atoms with Crippen LogP contribution in [0.2, 0.25) is 0 Å². The predicted octanol–water partition coefficient (Wildman–Crippen LogP) is 2.58. The van der Waals surface area contributed by atoms with Crippen molar-refractivity contribution < 1.29 is 0 Å². The number of para-hydroxylation sites is 1. The van der Waals surface area contributed by atoms with Crippen molar-refractivity contribution in [1.82, 2.24) is 14.8 Å². The van der Waals surface area contributed by atoms with Gasteiger partial charge in [-0.15, -0.1) is 0 Å². The minimum absolute atomic E-state index is 0.516. The number of aromatic nitrogens is 3. The maximum absolute atomic E-state index is 9.21.